The Hall–Kier alpha value is -0.820. The number of methoxy groups -OCH3 is 1. The first-order chi connectivity index (χ1) is 7.42. The summed E-state index contributed by atoms with van der Waals surface area (Å²) >= 11 is 0. The van der Waals surface area contributed by atoms with E-state index in [2.05, 4.69) is 30.3 Å². The van der Waals surface area contributed by atoms with Crippen LogP contribution in [0.4, 0.5) is 0 Å². The van der Waals surface area contributed by atoms with Crippen molar-refractivity contribution in [1.82, 2.24) is 0 Å². The molecule has 15 heavy (non-hydrogen) atoms. The maximum absolute atomic E-state index is 5.68. The minimum atomic E-state index is 0.312. The van der Waals surface area contributed by atoms with E-state index in [0.29, 0.717) is 6.10 Å². The van der Waals surface area contributed by atoms with Gasteiger partial charge in [0.15, 0.2) is 0 Å². The average Bonchev–Trinajstić information content (AvgIpc) is 2.33. The molecule has 1 nitrogen and oxygen atoms in total. The van der Waals surface area contributed by atoms with Crippen LogP contribution in [-0.2, 0) is 4.74 Å². The smallest absolute Gasteiger partial charge is 0.0849 e. The Bertz CT molecular complexity index is 275. The van der Waals surface area contributed by atoms with E-state index in [1.54, 1.807) is 0 Å². The van der Waals surface area contributed by atoms with Crippen LogP contribution >= 0.6 is 0 Å². The van der Waals surface area contributed by atoms with Gasteiger partial charge in [-0.1, -0.05) is 49.6 Å². The highest BCUT2D eigenvalue weighted by molar-refractivity contribution is 5.18. The van der Waals surface area contributed by atoms with Crippen molar-refractivity contribution < 1.29 is 4.74 Å². The van der Waals surface area contributed by atoms with Gasteiger partial charge >= 0.3 is 0 Å². The highest BCUT2D eigenvalue weighted by Gasteiger charge is 2.24. The molecule has 0 saturated heterocycles. The zero-order valence-electron chi connectivity index (χ0n) is 9.49. The van der Waals surface area contributed by atoms with E-state index >= 15 is 0 Å². The van der Waals surface area contributed by atoms with E-state index in [1.165, 1.54) is 37.7 Å². The van der Waals surface area contributed by atoms with Gasteiger partial charge in [0.05, 0.1) is 6.10 Å². The maximum Gasteiger partial charge on any atom is 0.0849 e. The summed E-state index contributed by atoms with van der Waals surface area (Å²) in [5, 5.41) is 0. The molecule has 0 aromatic heterocycles. The molecule has 0 bridgehead atoms. The van der Waals surface area contributed by atoms with Gasteiger partial charge < -0.3 is 4.74 Å². The number of rotatable bonds is 3. The Morgan fingerprint density at radius 2 is 1.73 bits per heavy atom. The number of benzene rings is 1. The fourth-order valence-corrected chi connectivity index (χ4v) is 2.68. The summed E-state index contributed by atoms with van der Waals surface area (Å²) in [4.78, 5) is 0. The first-order valence-corrected chi connectivity index (χ1v) is 5.99. The summed E-state index contributed by atoms with van der Waals surface area (Å²) in [7, 11) is 1.84. The highest BCUT2D eigenvalue weighted by Crippen LogP contribution is 2.36. The van der Waals surface area contributed by atoms with E-state index in [4.69, 9.17) is 4.74 Å². The number of hydrogen-bond acceptors (Lipinski definition) is 1. The Kier molecular flexibility index (Phi) is 3.79. The summed E-state index contributed by atoms with van der Waals surface area (Å²) in [5.41, 5.74) is 1.34. The van der Waals surface area contributed by atoms with Crippen LogP contribution < -0.4 is 0 Å². The van der Waals surface area contributed by atoms with E-state index in [0.717, 1.165) is 5.92 Å². The molecule has 1 unspecified atom stereocenters. The normalized spacial score (nSPS) is 20.1. The zero-order chi connectivity index (χ0) is 10.5. The lowest BCUT2D eigenvalue weighted by atomic mass is 9.82. The van der Waals surface area contributed by atoms with Crippen molar-refractivity contribution in [1.29, 1.82) is 0 Å². The Labute approximate surface area is 92.5 Å². The van der Waals surface area contributed by atoms with E-state index in [9.17, 15) is 0 Å². The number of ether oxygens (including phenoxy) is 1. The van der Waals surface area contributed by atoms with Crippen molar-refractivity contribution >= 4 is 0 Å². The lowest BCUT2D eigenvalue weighted by Gasteiger charge is -2.29. The largest absolute Gasteiger partial charge is 0.376 e. The first kappa shape index (κ1) is 10.7. The predicted octanol–water partition coefficient (Wildman–Crippen LogP) is 3.95. The molecule has 0 N–H and O–H groups in total. The van der Waals surface area contributed by atoms with Crippen LogP contribution in [0.3, 0.4) is 0 Å². The number of hydrogen-bond donors (Lipinski definition) is 0. The van der Waals surface area contributed by atoms with Gasteiger partial charge in [0.1, 0.15) is 0 Å². The lowest BCUT2D eigenvalue weighted by molar-refractivity contribution is 0.0354. The Balaban J connectivity index is 2.09. The van der Waals surface area contributed by atoms with Gasteiger partial charge in [0.25, 0.3) is 0 Å². The summed E-state index contributed by atoms with van der Waals surface area (Å²) in [5.74, 6) is 0.728. The molecule has 0 spiro atoms. The molecule has 0 amide bonds. The molecule has 0 radical (unpaired) electrons. The molecule has 1 aliphatic rings. The van der Waals surface area contributed by atoms with Crippen LogP contribution in [0.1, 0.15) is 43.8 Å². The molecule has 1 aliphatic carbocycles. The van der Waals surface area contributed by atoms with Crippen LogP contribution in [-0.4, -0.2) is 7.11 Å². The summed E-state index contributed by atoms with van der Waals surface area (Å²) in [6.07, 6.45) is 7.11. The molecule has 1 heteroatoms. The molecule has 2 rings (SSSR count). The maximum atomic E-state index is 5.68. The highest BCUT2D eigenvalue weighted by atomic mass is 16.5. The summed E-state index contributed by atoms with van der Waals surface area (Å²) in [6, 6.07) is 10.6. The van der Waals surface area contributed by atoms with Crippen molar-refractivity contribution in [3.05, 3.63) is 35.9 Å². The molecule has 1 fully saturated rings. The van der Waals surface area contributed by atoms with Gasteiger partial charge in [-0.25, -0.2) is 0 Å². The minimum absolute atomic E-state index is 0.312. The molecular formula is C14H20O. The van der Waals surface area contributed by atoms with Gasteiger partial charge in [-0.05, 0) is 24.3 Å². The standard InChI is InChI=1S/C14H20O/c1-15-14(12-8-4-2-5-9-12)13-10-6-3-7-11-13/h2,4-5,8-9,13-14H,3,6-7,10-11H2,1H3. The van der Waals surface area contributed by atoms with Gasteiger partial charge in [-0.15, -0.1) is 0 Å². The zero-order valence-corrected chi connectivity index (χ0v) is 9.49. The second-order valence-corrected chi connectivity index (χ2v) is 4.47. The van der Waals surface area contributed by atoms with Crippen LogP contribution in [0.2, 0.25) is 0 Å². The molecule has 1 aromatic rings. The summed E-state index contributed by atoms with van der Waals surface area (Å²) in [6.45, 7) is 0. The van der Waals surface area contributed by atoms with Gasteiger partial charge in [0.2, 0.25) is 0 Å². The van der Waals surface area contributed by atoms with Crippen LogP contribution in [0, 0.1) is 5.92 Å². The third kappa shape index (κ3) is 2.60. The Morgan fingerprint density at radius 1 is 1.07 bits per heavy atom. The summed E-state index contributed by atoms with van der Waals surface area (Å²) < 4.78 is 5.68. The van der Waals surface area contributed by atoms with Gasteiger partial charge in [-0.3, -0.25) is 0 Å². The van der Waals surface area contributed by atoms with E-state index < -0.39 is 0 Å². The monoisotopic (exact) mass is 204 g/mol. The van der Waals surface area contributed by atoms with Crippen molar-refractivity contribution in [3.8, 4) is 0 Å². The van der Waals surface area contributed by atoms with Crippen LogP contribution in [0.5, 0.6) is 0 Å². The van der Waals surface area contributed by atoms with Crippen molar-refractivity contribution in [2.45, 2.75) is 38.2 Å². The van der Waals surface area contributed by atoms with Crippen LogP contribution in [0.15, 0.2) is 30.3 Å². The van der Waals surface area contributed by atoms with Gasteiger partial charge in [-0.2, -0.15) is 0 Å². The second kappa shape index (κ2) is 5.32. The first-order valence-electron chi connectivity index (χ1n) is 5.99. The molecule has 1 saturated carbocycles. The molecular weight excluding hydrogens is 184 g/mol. The second-order valence-electron chi connectivity index (χ2n) is 4.47. The third-order valence-electron chi connectivity index (χ3n) is 3.46. The van der Waals surface area contributed by atoms with Crippen molar-refractivity contribution in [2.24, 2.45) is 5.92 Å². The van der Waals surface area contributed by atoms with Crippen molar-refractivity contribution in [3.63, 3.8) is 0 Å². The fraction of sp³-hybridized carbons (Fsp3) is 0.571. The Morgan fingerprint density at radius 3 is 2.33 bits per heavy atom. The van der Waals surface area contributed by atoms with Crippen molar-refractivity contribution in [2.75, 3.05) is 7.11 Å². The molecule has 0 heterocycles. The average molecular weight is 204 g/mol. The topological polar surface area (TPSA) is 9.23 Å². The van der Waals surface area contributed by atoms with Crippen LogP contribution in [0.25, 0.3) is 0 Å². The molecule has 1 atom stereocenters. The minimum Gasteiger partial charge on any atom is -0.376 e. The van der Waals surface area contributed by atoms with E-state index in [-0.39, 0.29) is 0 Å². The fourth-order valence-electron chi connectivity index (χ4n) is 2.68. The predicted molar refractivity (Wildman–Crippen MR) is 62.8 cm³/mol. The quantitative estimate of drug-likeness (QED) is 0.724. The van der Waals surface area contributed by atoms with Gasteiger partial charge in [0, 0.05) is 7.11 Å². The molecule has 82 valence electrons. The molecule has 1 aromatic carbocycles. The van der Waals surface area contributed by atoms with E-state index in [1.807, 2.05) is 7.11 Å². The third-order valence-corrected chi connectivity index (χ3v) is 3.46. The SMILES string of the molecule is COC(c1ccccc1)C1CCCCC1. The lowest BCUT2D eigenvalue weighted by Crippen LogP contribution is -2.17. The molecule has 0 aliphatic heterocycles.